The highest BCUT2D eigenvalue weighted by atomic mass is 32.2. The third-order valence-electron chi connectivity index (χ3n) is 5.50. The third-order valence-corrected chi connectivity index (χ3v) is 7.50. The van der Waals surface area contributed by atoms with Crippen LogP contribution in [0.3, 0.4) is 0 Å². The van der Waals surface area contributed by atoms with Gasteiger partial charge in [-0.2, -0.15) is 0 Å². The molecule has 2 fully saturated rings. The Bertz CT molecular complexity index is 1020. The van der Waals surface area contributed by atoms with E-state index in [1.165, 1.54) is 4.57 Å². The molecule has 2 atom stereocenters. The van der Waals surface area contributed by atoms with Crippen LogP contribution >= 0.6 is 0 Å². The summed E-state index contributed by atoms with van der Waals surface area (Å²) in [5.41, 5.74) is 1.17. The van der Waals surface area contributed by atoms with Gasteiger partial charge < -0.3 is 0 Å². The quantitative estimate of drug-likeness (QED) is 0.810. The fraction of sp³-hybridized carbons (Fsp3) is 0.556. The number of aryl methyl sites for hydroxylation is 1. The van der Waals surface area contributed by atoms with E-state index >= 15 is 0 Å². The van der Waals surface area contributed by atoms with Crippen LogP contribution in [0, 0.1) is 5.92 Å². The average molecular weight is 377 g/mol. The maximum atomic E-state index is 12.9. The van der Waals surface area contributed by atoms with Gasteiger partial charge in [0.05, 0.1) is 16.8 Å². The molecule has 1 aromatic heterocycles. The molecule has 1 saturated carbocycles. The highest BCUT2D eigenvalue weighted by Gasteiger charge is 2.45. The van der Waals surface area contributed by atoms with Crippen molar-refractivity contribution in [2.45, 2.75) is 51.7 Å². The Kier molecular flexibility index (Phi) is 4.17. The van der Waals surface area contributed by atoms with Crippen LogP contribution in [0.25, 0.3) is 11.0 Å². The van der Waals surface area contributed by atoms with Gasteiger partial charge in [0.15, 0.2) is 0 Å². The number of sulfonamides is 1. The minimum absolute atomic E-state index is 0.0434. The van der Waals surface area contributed by atoms with Crippen molar-refractivity contribution < 1.29 is 13.2 Å². The Morgan fingerprint density at radius 1 is 1.15 bits per heavy atom. The highest BCUT2D eigenvalue weighted by molar-refractivity contribution is 7.89. The Labute approximate surface area is 152 Å². The summed E-state index contributed by atoms with van der Waals surface area (Å²) in [4.78, 5) is 25.7. The van der Waals surface area contributed by atoms with Crippen LogP contribution in [-0.2, 0) is 27.9 Å². The number of rotatable bonds is 4. The van der Waals surface area contributed by atoms with Crippen molar-refractivity contribution in [2.24, 2.45) is 5.92 Å². The molecule has 1 amide bonds. The second-order valence-electron chi connectivity index (χ2n) is 7.31. The summed E-state index contributed by atoms with van der Waals surface area (Å²) in [5.74, 6) is -0.290. The SMILES string of the molecule is CCCn1c(=O)n(CC(=O)N2[C@@H]3CC[C@@H](C3)CS2(=O)=O)c2ccccc21. The first-order valence-electron chi connectivity index (χ1n) is 9.15. The lowest BCUT2D eigenvalue weighted by molar-refractivity contribution is -0.128. The Balaban J connectivity index is 1.72. The molecular weight excluding hydrogens is 354 g/mol. The number of para-hydroxylation sites is 2. The van der Waals surface area contributed by atoms with E-state index in [2.05, 4.69) is 0 Å². The number of hydrogen-bond acceptors (Lipinski definition) is 4. The monoisotopic (exact) mass is 377 g/mol. The molecule has 0 unspecified atom stereocenters. The van der Waals surface area contributed by atoms with Crippen LogP contribution in [0.1, 0.15) is 32.6 Å². The van der Waals surface area contributed by atoms with E-state index in [0.29, 0.717) is 12.1 Å². The largest absolute Gasteiger partial charge is 0.329 e. The Morgan fingerprint density at radius 2 is 1.85 bits per heavy atom. The molecule has 1 aliphatic heterocycles. The van der Waals surface area contributed by atoms with E-state index in [-0.39, 0.29) is 29.9 Å². The van der Waals surface area contributed by atoms with E-state index in [1.54, 1.807) is 10.6 Å². The zero-order valence-corrected chi connectivity index (χ0v) is 15.6. The molecule has 2 aromatic rings. The molecule has 1 saturated heterocycles. The van der Waals surface area contributed by atoms with Crippen LogP contribution in [-0.4, -0.2) is 39.6 Å². The highest BCUT2D eigenvalue weighted by Crippen LogP contribution is 2.37. The molecule has 7 nitrogen and oxygen atoms in total. The summed E-state index contributed by atoms with van der Waals surface area (Å²) in [5, 5.41) is 0. The van der Waals surface area contributed by atoms with E-state index in [4.69, 9.17) is 0 Å². The molecule has 0 N–H and O–H groups in total. The minimum atomic E-state index is -3.59. The first-order valence-corrected chi connectivity index (χ1v) is 10.8. The molecule has 0 spiro atoms. The molecule has 0 radical (unpaired) electrons. The Morgan fingerprint density at radius 3 is 2.54 bits per heavy atom. The number of hydrogen-bond donors (Lipinski definition) is 0. The van der Waals surface area contributed by atoms with Gasteiger partial charge in [0.25, 0.3) is 5.91 Å². The molecule has 1 aromatic carbocycles. The molecule has 2 bridgehead atoms. The van der Waals surface area contributed by atoms with Crippen molar-refractivity contribution >= 4 is 27.0 Å². The van der Waals surface area contributed by atoms with Gasteiger partial charge in [-0.25, -0.2) is 17.5 Å². The minimum Gasteiger partial charge on any atom is -0.292 e. The lowest BCUT2D eigenvalue weighted by Gasteiger charge is -2.32. The van der Waals surface area contributed by atoms with Gasteiger partial charge in [-0.3, -0.25) is 13.9 Å². The summed E-state index contributed by atoms with van der Waals surface area (Å²) in [7, 11) is -3.59. The summed E-state index contributed by atoms with van der Waals surface area (Å²) in [6.07, 6.45) is 3.12. The first kappa shape index (κ1) is 17.3. The molecule has 1 aliphatic carbocycles. The molecule has 26 heavy (non-hydrogen) atoms. The smallest absolute Gasteiger partial charge is 0.292 e. The lowest BCUT2D eigenvalue weighted by Crippen LogP contribution is -2.49. The van der Waals surface area contributed by atoms with Crippen molar-refractivity contribution in [2.75, 3.05) is 5.75 Å². The van der Waals surface area contributed by atoms with Gasteiger partial charge in [0, 0.05) is 12.6 Å². The number of fused-ring (bicyclic) bond motifs is 3. The van der Waals surface area contributed by atoms with E-state index in [9.17, 15) is 18.0 Å². The lowest BCUT2D eigenvalue weighted by atomic mass is 10.1. The van der Waals surface area contributed by atoms with Crippen molar-refractivity contribution in [3.05, 3.63) is 34.7 Å². The van der Waals surface area contributed by atoms with Gasteiger partial charge in [-0.05, 0) is 43.7 Å². The normalized spacial score (nSPS) is 24.3. The van der Waals surface area contributed by atoms with Gasteiger partial charge in [0.1, 0.15) is 6.54 Å². The Hall–Kier alpha value is -2.09. The van der Waals surface area contributed by atoms with E-state index < -0.39 is 15.9 Å². The number of aromatic nitrogens is 2. The maximum Gasteiger partial charge on any atom is 0.329 e. The second kappa shape index (κ2) is 6.26. The number of carbonyl (C=O) groups is 1. The van der Waals surface area contributed by atoms with Crippen LogP contribution in [0.2, 0.25) is 0 Å². The first-order chi connectivity index (χ1) is 12.4. The fourth-order valence-electron chi connectivity index (χ4n) is 4.45. The number of amides is 1. The number of benzene rings is 1. The molecule has 2 heterocycles. The van der Waals surface area contributed by atoms with Gasteiger partial charge in [-0.15, -0.1) is 0 Å². The van der Waals surface area contributed by atoms with Crippen LogP contribution < -0.4 is 5.69 Å². The predicted molar refractivity (Wildman–Crippen MR) is 98.3 cm³/mol. The predicted octanol–water partition coefficient (Wildman–Crippen LogP) is 1.55. The summed E-state index contributed by atoms with van der Waals surface area (Å²) in [6, 6.07) is 7.08. The van der Waals surface area contributed by atoms with Crippen LogP contribution in [0.5, 0.6) is 0 Å². The molecule has 2 aliphatic rings. The van der Waals surface area contributed by atoms with Gasteiger partial charge >= 0.3 is 5.69 Å². The molecule has 4 rings (SSSR count). The number of carbonyl (C=O) groups excluding carboxylic acids is 1. The third kappa shape index (κ3) is 2.67. The van der Waals surface area contributed by atoms with E-state index in [1.807, 2.05) is 25.1 Å². The fourth-order valence-corrected chi connectivity index (χ4v) is 6.52. The van der Waals surface area contributed by atoms with Crippen molar-refractivity contribution in [3.63, 3.8) is 0 Å². The standard InChI is InChI=1S/C18H23N3O4S/c1-2-9-19-15-5-3-4-6-16(15)20(18(19)23)11-17(22)21-14-8-7-13(10-14)12-26(21,24)25/h3-6,13-14H,2,7-12H2,1H3/t13-,14+/m0/s1. The zero-order chi connectivity index (χ0) is 18.5. The summed E-state index contributed by atoms with van der Waals surface area (Å²) >= 11 is 0. The zero-order valence-electron chi connectivity index (χ0n) is 14.8. The van der Waals surface area contributed by atoms with Crippen molar-refractivity contribution in [3.8, 4) is 0 Å². The van der Waals surface area contributed by atoms with Crippen LogP contribution in [0.15, 0.2) is 29.1 Å². The summed E-state index contributed by atoms with van der Waals surface area (Å²) < 4.78 is 29.2. The number of imidazole rings is 1. The summed E-state index contributed by atoms with van der Waals surface area (Å²) in [6.45, 7) is 2.31. The molecule has 140 valence electrons. The van der Waals surface area contributed by atoms with Gasteiger partial charge in [-0.1, -0.05) is 19.1 Å². The van der Waals surface area contributed by atoms with E-state index in [0.717, 1.165) is 35.5 Å². The maximum absolute atomic E-state index is 12.9. The molecule has 8 heteroatoms. The molecular formula is C18H23N3O4S. The second-order valence-corrected chi connectivity index (χ2v) is 9.20. The van der Waals surface area contributed by atoms with Crippen LogP contribution in [0.4, 0.5) is 0 Å². The number of nitrogens with zero attached hydrogens (tertiary/aromatic N) is 3. The van der Waals surface area contributed by atoms with Crippen molar-refractivity contribution in [1.29, 1.82) is 0 Å². The topological polar surface area (TPSA) is 81.4 Å². The average Bonchev–Trinajstić information content (AvgIpc) is 3.09. The van der Waals surface area contributed by atoms with Gasteiger partial charge in [0.2, 0.25) is 10.0 Å². The van der Waals surface area contributed by atoms with Crippen molar-refractivity contribution in [1.82, 2.24) is 13.4 Å².